The van der Waals surface area contributed by atoms with Crippen LogP contribution in [0.1, 0.15) is 12.8 Å². The molecule has 0 aliphatic rings. The zero-order valence-electron chi connectivity index (χ0n) is 6.91. The third-order valence-electron chi connectivity index (χ3n) is 1.13. The van der Waals surface area contributed by atoms with Crippen LogP contribution < -0.4 is 0 Å². The van der Waals surface area contributed by atoms with Crippen molar-refractivity contribution in [3.8, 4) is 0 Å². The zero-order valence-corrected chi connectivity index (χ0v) is 7.73. The maximum absolute atomic E-state index is 10.5. The minimum atomic E-state index is -0.798. The lowest BCUT2D eigenvalue weighted by Crippen LogP contribution is -2.04. The Labute approximate surface area is 75.3 Å². The van der Waals surface area contributed by atoms with Gasteiger partial charge in [0.05, 0.1) is 12.9 Å². The summed E-state index contributed by atoms with van der Waals surface area (Å²) in [5.74, 6) is -0.0821. The highest BCUT2D eigenvalue weighted by Gasteiger charge is 2.00. The SMILES string of the molecule is COC(=O)CSCCCC(=O)O. The minimum Gasteiger partial charge on any atom is -0.481 e. The van der Waals surface area contributed by atoms with Gasteiger partial charge in [-0.1, -0.05) is 0 Å². The number of carboxylic acids is 1. The van der Waals surface area contributed by atoms with Crippen molar-refractivity contribution in [2.24, 2.45) is 0 Å². The smallest absolute Gasteiger partial charge is 0.315 e. The van der Waals surface area contributed by atoms with E-state index in [0.29, 0.717) is 17.9 Å². The average molecular weight is 192 g/mol. The summed E-state index contributed by atoms with van der Waals surface area (Å²) in [6, 6.07) is 0. The van der Waals surface area contributed by atoms with E-state index in [0.717, 1.165) is 0 Å². The normalized spacial score (nSPS) is 9.42. The number of hydrogen-bond donors (Lipinski definition) is 1. The molecule has 0 saturated heterocycles. The monoisotopic (exact) mass is 192 g/mol. The Morgan fingerprint density at radius 2 is 2.17 bits per heavy atom. The summed E-state index contributed by atoms with van der Waals surface area (Å²) in [4.78, 5) is 20.6. The Balaban J connectivity index is 3.11. The molecular weight excluding hydrogens is 180 g/mol. The number of carbonyl (C=O) groups excluding carboxylic acids is 1. The van der Waals surface area contributed by atoms with Crippen LogP contribution in [0.2, 0.25) is 0 Å². The number of esters is 1. The molecule has 0 aromatic carbocycles. The van der Waals surface area contributed by atoms with Crippen LogP contribution >= 0.6 is 11.8 Å². The zero-order chi connectivity index (χ0) is 9.40. The summed E-state index contributed by atoms with van der Waals surface area (Å²) >= 11 is 1.39. The van der Waals surface area contributed by atoms with Gasteiger partial charge in [0.25, 0.3) is 0 Å². The molecule has 0 unspecified atom stereocenters. The van der Waals surface area contributed by atoms with E-state index in [1.165, 1.54) is 18.9 Å². The van der Waals surface area contributed by atoms with Gasteiger partial charge in [0.15, 0.2) is 0 Å². The number of carbonyl (C=O) groups is 2. The van der Waals surface area contributed by atoms with Gasteiger partial charge in [-0.2, -0.15) is 11.8 Å². The predicted molar refractivity (Wildman–Crippen MR) is 46.2 cm³/mol. The van der Waals surface area contributed by atoms with Crippen LogP contribution in [0.15, 0.2) is 0 Å². The molecule has 70 valence electrons. The third-order valence-corrected chi connectivity index (χ3v) is 2.14. The highest BCUT2D eigenvalue weighted by molar-refractivity contribution is 7.99. The second-order valence-electron chi connectivity index (χ2n) is 2.13. The summed E-state index contributed by atoms with van der Waals surface area (Å²) in [6.45, 7) is 0. The second kappa shape index (κ2) is 6.97. The Hall–Kier alpha value is -0.710. The first-order valence-electron chi connectivity index (χ1n) is 3.53. The number of ether oxygens (including phenoxy) is 1. The van der Waals surface area contributed by atoms with Crippen molar-refractivity contribution < 1.29 is 19.4 Å². The fourth-order valence-corrected chi connectivity index (χ4v) is 1.32. The van der Waals surface area contributed by atoms with E-state index in [1.54, 1.807) is 0 Å². The summed E-state index contributed by atoms with van der Waals surface area (Å²) in [5.41, 5.74) is 0. The van der Waals surface area contributed by atoms with Crippen LogP contribution in [0, 0.1) is 0 Å². The molecule has 0 aromatic rings. The lowest BCUT2D eigenvalue weighted by molar-refractivity contribution is -0.138. The average Bonchev–Trinajstić information content (AvgIpc) is 2.03. The highest BCUT2D eigenvalue weighted by atomic mass is 32.2. The number of aliphatic carboxylic acids is 1. The second-order valence-corrected chi connectivity index (χ2v) is 3.23. The van der Waals surface area contributed by atoms with Gasteiger partial charge in [0, 0.05) is 6.42 Å². The molecule has 4 nitrogen and oxygen atoms in total. The van der Waals surface area contributed by atoms with Gasteiger partial charge in [-0.05, 0) is 12.2 Å². The number of hydrogen-bond acceptors (Lipinski definition) is 4. The Bertz CT molecular complexity index is 157. The van der Waals surface area contributed by atoms with Gasteiger partial charge >= 0.3 is 11.9 Å². The van der Waals surface area contributed by atoms with Crippen LogP contribution in [-0.2, 0) is 14.3 Å². The molecule has 1 N–H and O–H groups in total. The molecule has 0 aliphatic heterocycles. The van der Waals surface area contributed by atoms with Gasteiger partial charge in [-0.15, -0.1) is 0 Å². The van der Waals surface area contributed by atoms with Crippen molar-refractivity contribution >= 4 is 23.7 Å². The standard InChI is InChI=1S/C7H12O4S/c1-11-7(10)5-12-4-2-3-6(8)9/h2-5H2,1H3,(H,8,9). The molecule has 0 heterocycles. The van der Waals surface area contributed by atoms with Gasteiger partial charge in [0.1, 0.15) is 0 Å². The molecule has 0 saturated carbocycles. The van der Waals surface area contributed by atoms with E-state index in [-0.39, 0.29) is 12.4 Å². The van der Waals surface area contributed by atoms with Gasteiger partial charge in [-0.25, -0.2) is 0 Å². The van der Waals surface area contributed by atoms with Gasteiger partial charge < -0.3 is 9.84 Å². The van der Waals surface area contributed by atoms with Crippen molar-refractivity contribution in [1.82, 2.24) is 0 Å². The largest absolute Gasteiger partial charge is 0.481 e. The van der Waals surface area contributed by atoms with Crippen molar-refractivity contribution in [2.45, 2.75) is 12.8 Å². The van der Waals surface area contributed by atoms with Crippen LogP contribution in [-0.4, -0.2) is 35.7 Å². The molecular formula is C7H12O4S. The molecule has 0 aliphatic carbocycles. The van der Waals surface area contributed by atoms with Crippen molar-refractivity contribution in [3.63, 3.8) is 0 Å². The molecule has 0 spiro atoms. The van der Waals surface area contributed by atoms with Crippen molar-refractivity contribution in [2.75, 3.05) is 18.6 Å². The van der Waals surface area contributed by atoms with E-state index < -0.39 is 5.97 Å². The van der Waals surface area contributed by atoms with E-state index in [1.807, 2.05) is 0 Å². The number of methoxy groups -OCH3 is 1. The molecule has 0 atom stereocenters. The van der Waals surface area contributed by atoms with E-state index >= 15 is 0 Å². The fraction of sp³-hybridized carbons (Fsp3) is 0.714. The lowest BCUT2D eigenvalue weighted by atomic mass is 10.3. The Morgan fingerprint density at radius 1 is 1.50 bits per heavy atom. The lowest BCUT2D eigenvalue weighted by Gasteiger charge is -1.97. The maximum atomic E-state index is 10.5. The summed E-state index contributed by atoms with van der Waals surface area (Å²) in [5, 5.41) is 8.27. The Morgan fingerprint density at radius 3 is 2.67 bits per heavy atom. The first-order chi connectivity index (χ1) is 5.66. The first kappa shape index (κ1) is 11.3. The number of carboxylic acid groups (broad SMARTS) is 1. The molecule has 0 amide bonds. The summed E-state index contributed by atoms with van der Waals surface area (Å²) in [6.07, 6.45) is 0.755. The van der Waals surface area contributed by atoms with Crippen LogP contribution in [0.25, 0.3) is 0 Å². The number of rotatable bonds is 6. The Kier molecular flexibility index (Phi) is 6.55. The van der Waals surface area contributed by atoms with Crippen molar-refractivity contribution in [1.29, 1.82) is 0 Å². The highest BCUT2D eigenvalue weighted by Crippen LogP contribution is 2.04. The first-order valence-corrected chi connectivity index (χ1v) is 4.68. The van der Waals surface area contributed by atoms with Gasteiger partial charge in [-0.3, -0.25) is 9.59 Å². The van der Waals surface area contributed by atoms with Gasteiger partial charge in [0.2, 0.25) is 0 Å². The minimum absolute atomic E-state index is 0.161. The van der Waals surface area contributed by atoms with E-state index in [2.05, 4.69) is 4.74 Å². The van der Waals surface area contributed by atoms with Crippen LogP contribution in [0.4, 0.5) is 0 Å². The number of thioether (sulfide) groups is 1. The van der Waals surface area contributed by atoms with E-state index in [4.69, 9.17) is 5.11 Å². The van der Waals surface area contributed by atoms with E-state index in [9.17, 15) is 9.59 Å². The van der Waals surface area contributed by atoms with Crippen LogP contribution in [0.5, 0.6) is 0 Å². The third kappa shape index (κ3) is 7.40. The maximum Gasteiger partial charge on any atom is 0.315 e. The molecule has 5 heteroatoms. The topological polar surface area (TPSA) is 63.6 Å². The fourth-order valence-electron chi connectivity index (χ4n) is 0.540. The molecule has 0 rings (SSSR count). The molecule has 0 radical (unpaired) electrons. The predicted octanol–water partition coefficient (Wildman–Crippen LogP) is 0.757. The quantitative estimate of drug-likeness (QED) is 0.497. The summed E-state index contributed by atoms with van der Waals surface area (Å²) in [7, 11) is 1.33. The van der Waals surface area contributed by atoms with Crippen LogP contribution in [0.3, 0.4) is 0 Å². The molecule has 0 fully saturated rings. The summed E-state index contributed by atoms with van der Waals surface area (Å²) < 4.78 is 4.40. The molecule has 0 bridgehead atoms. The molecule has 0 aromatic heterocycles. The van der Waals surface area contributed by atoms with Crippen molar-refractivity contribution in [3.05, 3.63) is 0 Å². The molecule has 12 heavy (non-hydrogen) atoms.